The standard InChI is InChI=1S/C27H26N4O2/c1-2-25(32)30-17-7-8-20(18-30)31-24-12-6-11-23(28)26(24)27(29-31)19-13-15-22(16-14-19)33-21-9-4-3-5-10-21/h2-6,9-16,20H,1,7-8,17-18,28H2. The van der Waals surface area contributed by atoms with E-state index < -0.39 is 0 Å². The number of carbonyl (C=O) groups is 1. The molecule has 1 amide bonds. The van der Waals surface area contributed by atoms with Crippen LogP contribution in [0.3, 0.4) is 0 Å². The van der Waals surface area contributed by atoms with Gasteiger partial charge in [0.2, 0.25) is 5.91 Å². The molecule has 3 aromatic carbocycles. The number of anilines is 1. The van der Waals surface area contributed by atoms with Crippen molar-refractivity contribution in [1.82, 2.24) is 14.7 Å². The minimum atomic E-state index is -0.0371. The zero-order valence-corrected chi connectivity index (χ0v) is 18.4. The summed E-state index contributed by atoms with van der Waals surface area (Å²) in [6, 6.07) is 23.6. The summed E-state index contributed by atoms with van der Waals surface area (Å²) in [6.07, 6.45) is 3.26. The van der Waals surface area contributed by atoms with Gasteiger partial charge >= 0.3 is 0 Å². The fourth-order valence-corrected chi connectivity index (χ4v) is 4.49. The molecule has 0 radical (unpaired) electrons. The normalized spacial score (nSPS) is 16.0. The number of nitrogens with two attached hydrogens (primary N) is 1. The third-order valence-corrected chi connectivity index (χ3v) is 6.10. The van der Waals surface area contributed by atoms with Crippen molar-refractivity contribution in [3.8, 4) is 22.8 Å². The van der Waals surface area contributed by atoms with Crippen molar-refractivity contribution in [2.75, 3.05) is 18.8 Å². The summed E-state index contributed by atoms with van der Waals surface area (Å²) in [5, 5.41) is 5.94. The number of fused-ring (bicyclic) bond motifs is 1. The van der Waals surface area contributed by atoms with Gasteiger partial charge in [-0.1, -0.05) is 30.8 Å². The molecule has 0 bridgehead atoms. The van der Waals surface area contributed by atoms with Crippen LogP contribution in [0.2, 0.25) is 0 Å². The second kappa shape index (κ2) is 8.82. The van der Waals surface area contributed by atoms with Crippen LogP contribution in [0.15, 0.2) is 85.5 Å². The number of carbonyl (C=O) groups excluding carboxylic acids is 1. The lowest BCUT2D eigenvalue weighted by molar-refractivity contribution is -0.127. The quantitative estimate of drug-likeness (QED) is 0.333. The van der Waals surface area contributed by atoms with Gasteiger partial charge in [0.1, 0.15) is 17.2 Å². The third kappa shape index (κ3) is 4.07. The predicted octanol–water partition coefficient (Wildman–Crippen LogP) is 5.43. The number of nitrogens with zero attached hydrogens (tertiary/aromatic N) is 3. The molecule has 4 aromatic rings. The van der Waals surface area contributed by atoms with E-state index in [1.54, 1.807) is 0 Å². The summed E-state index contributed by atoms with van der Waals surface area (Å²) in [7, 11) is 0. The molecule has 0 aliphatic carbocycles. The van der Waals surface area contributed by atoms with Crippen LogP contribution in [0.1, 0.15) is 18.9 Å². The minimum absolute atomic E-state index is 0.0371. The van der Waals surface area contributed by atoms with Crippen LogP contribution in [0, 0.1) is 0 Å². The highest BCUT2D eigenvalue weighted by molar-refractivity contribution is 6.01. The Labute approximate surface area is 192 Å². The number of likely N-dealkylation sites (tertiary alicyclic amines) is 1. The smallest absolute Gasteiger partial charge is 0.246 e. The molecule has 2 heterocycles. The Morgan fingerprint density at radius 1 is 1.03 bits per heavy atom. The van der Waals surface area contributed by atoms with E-state index in [0.29, 0.717) is 12.2 Å². The maximum Gasteiger partial charge on any atom is 0.246 e. The summed E-state index contributed by atoms with van der Waals surface area (Å²) < 4.78 is 7.97. The van der Waals surface area contributed by atoms with Crippen molar-refractivity contribution >= 4 is 22.5 Å². The lowest BCUT2D eigenvalue weighted by Crippen LogP contribution is -2.40. The molecule has 6 heteroatoms. The Balaban J connectivity index is 1.50. The summed E-state index contributed by atoms with van der Waals surface area (Å²) >= 11 is 0. The first-order valence-electron chi connectivity index (χ1n) is 11.2. The van der Waals surface area contributed by atoms with Gasteiger partial charge in [-0.3, -0.25) is 9.48 Å². The number of amides is 1. The van der Waals surface area contributed by atoms with Crippen LogP contribution in [0.25, 0.3) is 22.2 Å². The molecule has 1 aliphatic rings. The molecule has 1 fully saturated rings. The van der Waals surface area contributed by atoms with E-state index in [-0.39, 0.29) is 11.9 Å². The summed E-state index contributed by atoms with van der Waals surface area (Å²) in [5.41, 5.74) is 9.88. The van der Waals surface area contributed by atoms with E-state index >= 15 is 0 Å². The molecule has 166 valence electrons. The van der Waals surface area contributed by atoms with Crippen LogP contribution in [-0.4, -0.2) is 33.7 Å². The van der Waals surface area contributed by atoms with Crippen molar-refractivity contribution in [1.29, 1.82) is 0 Å². The second-order valence-corrected chi connectivity index (χ2v) is 8.26. The maximum absolute atomic E-state index is 12.2. The van der Waals surface area contributed by atoms with Crippen molar-refractivity contribution in [2.24, 2.45) is 0 Å². The van der Waals surface area contributed by atoms with E-state index in [4.69, 9.17) is 15.6 Å². The first-order chi connectivity index (χ1) is 16.1. The molecule has 1 saturated heterocycles. The maximum atomic E-state index is 12.2. The summed E-state index contributed by atoms with van der Waals surface area (Å²) in [6.45, 7) is 4.99. The molecular formula is C27H26N4O2. The molecule has 33 heavy (non-hydrogen) atoms. The van der Waals surface area contributed by atoms with Gasteiger partial charge in [0.05, 0.1) is 16.9 Å². The predicted molar refractivity (Wildman–Crippen MR) is 131 cm³/mol. The fourth-order valence-electron chi connectivity index (χ4n) is 4.49. The molecule has 1 unspecified atom stereocenters. The molecule has 0 spiro atoms. The Bertz CT molecular complexity index is 1300. The second-order valence-electron chi connectivity index (χ2n) is 8.26. The van der Waals surface area contributed by atoms with E-state index in [1.807, 2.05) is 82.4 Å². The number of ether oxygens (including phenoxy) is 1. The molecule has 0 saturated carbocycles. The average Bonchev–Trinajstić information content (AvgIpc) is 3.26. The van der Waals surface area contributed by atoms with Gasteiger partial charge in [-0.05, 0) is 67.4 Å². The molecule has 6 nitrogen and oxygen atoms in total. The van der Waals surface area contributed by atoms with E-state index in [9.17, 15) is 4.79 Å². The molecule has 1 aromatic heterocycles. The highest BCUT2D eigenvalue weighted by atomic mass is 16.5. The van der Waals surface area contributed by atoms with Crippen molar-refractivity contribution in [3.05, 3.63) is 85.5 Å². The number of nitrogen functional groups attached to an aromatic ring is 1. The monoisotopic (exact) mass is 438 g/mol. The topological polar surface area (TPSA) is 73.4 Å². The number of rotatable bonds is 5. The van der Waals surface area contributed by atoms with Crippen molar-refractivity contribution in [3.63, 3.8) is 0 Å². The first-order valence-corrected chi connectivity index (χ1v) is 11.2. The number of hydrogen-bond acceptors (Lipinski definition) is 4. The largest absolute Gasteiger partial charge is 0.457 e. The van der Waals surface area contributed by atoms with Crippen molar-refractivity contribution in [2.45, 2.75) is 18.9 Å². The minimum Gasteiger partial charge on any atom is -0.457 e. The first kappa shape index (κ1) is 20.8. The van der Waals surface area contributed by atoms with Gasteiger partial charge in [-0.15, -0.1) is 0 Å². The van der Waals surface area contributed by atoms with Crippen LogP contribution in [0.4, 0.5) is 5.69 Å². The van der Waals surface area contributed by atoms with Gasteiger partial charge in [0.25, 0.3) is 0 Å². The lowest BCUT2D eigenvalue weighted by Gasteiger charge is -2.32. The molecular weight excluding hydrogens is 412 g/mol. The van der Waals surface area contributed by atoms with Crippen molar-refractivity contribution < 1.29 is 9.53 Å². The Morgan fingerprint density at radius 2 is 1.79 bits per heavy atom. The van der Waals surface area contributed by atoms with E-state index in [0.717, 1.165) is 53.0 Å². The Hall–Kier alpha value is -4.06. The van der Waals surface area contributed by atoms with Gasteiger partial charge in [0, 0.05) is 24.3 Å². The van der Waals surface area contributed by atoms with E-state index in [2.05, 4.69) is 6.58 Å². The molecule has 1 atom stereocenters. The third-order valence-electron chi connectivity index (χ3n) is 6.10. The fraction of sp³-hybridized carbons (Fsp3) is 0.185. The zero-order chi connectivity index (χ0) is 22.8. The van der Waals surface area contributed by atoms with Gasteiger partial charge in [-0.2, -0.15) is 5.10 Å². The SMILES string of the molecule is C=CC(=O)N1CCCC(n2nc(-c3ccc(Oc4ccccc4)cc3)c3c(N)cccc32)C1. The highest BCUT2D eigenvalue weighted by Crippen LogP contribution is 2.36. The summed E-state index contributed by atoms with van der Waals surface area (Å²) in [4.78, 5) is 14.0. The zero-order valence-electron chi connectivity index (χ0n) is 18.4. The van der Waals surface area contributed by atoms with Gasteiger partial charge in [-0.25, -0.2) is 0 Å². The van der Waals surface area contributed by atoms with E-state index in [1.165, 1.54) is 6.08 Å². The molecule has 1 aliphatic heterocycles. The summed E-state index contributed by atoms with van der Waals surface area (Å²) in [5.74, 6) is 1.51. The van der Waals surface area contributed by atoms with Crippen LogP contribution in [-0.2, 0) is 4.79 Å². The number of para-hydroxylation sites is 1. The van der Waals surface area contributed by atoms with Crippen LogP contribution < -0.4 is 10.5 Å². The number of aromatic nitrogens is 2. The average molecular weight is 439 g/mol. The number of benzene rings is 3. The van der Waals surface area contributed by atoms with Crippen LogP contribution >= 0.6 is 0 Å². The molecule has 2 N–H and O–H groups in total. The molecule has 5 rings (SSSR count). The van der Waals surface area contributed by atoms with Gasteiger partial charge < -0.3 is 15.4 Å². The highest BCUT2D eigenvalue weighted by Gasteiger charge is 2.27. The lowest BCUT2D eigenvalue weighted by atomic mass is 10.0. The number of hydrogen-bond donors (Lipinski definition) is 1. The van der Waals surface area contributed by atoms with Gasteiger partial charge in [0.15, 0.2) is 0 Å². The Morgan fingerprint density at radius 3 is 2.55 bits per heavy atom. The number of piperidine rings is 1. The van der Waals surface area contributed by atoms with Crippen LogP contribution in [0.5, 0.6) is 11.5 Å². The Kier molecular flexibility index (Phi) is 5.57.